The van der Waals surface area contributed by atoms with E-state index in [1.807, 2.05) is 43.4 Å². The molecule has 0 amide bonds. The van der Waals surface area contributed by atoms with E-state index in [1.165, 1.54) is 0 Å². The fourth-order valence-corrected chi connectivity index (χ4v) is 3.19. The Morgan fingerprint density at radius 3 is 2.89 bits per heavy atom. The first-order valence-corrected chi connectivity index (χ1v) is 9.33. The van der Waals surface area contributed by atoms with Crippen LogP contribution in [0.2, 0.25) is 0 Å². The Hall–Kier alpha value is -1.65. The number of halogens is 1. The van der Waals surface area contributed by atoms with Gasteiger partial charge >= 0.3 is 0 Å². The Bertz CT molecular complexity index is 723. The molecule has 3 rings (SSSR count). The minimum Gasteiger partial charge on any atom is -0.382 e. The highest BCUT2D eigenvalue weighted by atomic mass is 127. The summed E-state index contributed by atoms with van der Waals surface area (Å²) < 4.78 is 16.1. The van der Waals surface area contributed by atoms with Crippen molar-refractivity contribution in [3.8, 4) is 11.3 Å². The lowest BCUT2D eigenvalue weighted by molar-refractivity contribution is 0.0536. The second-order valence-corrected chi connectivity index (χ2v) is 6.62. The van der Waals surface area contributed by atoms with Gasteiger partial charge in [-0.1, -0.05) is 35.5 Å². The van der Waals surface area contributed by atoms with Gasteiger partial charge in [0.2, 0.25) is 0 Å². The molecule has 2 aromatic rings. The van der Waals surface area contributed by atoms with E-state index in [9.17, 15) is 0 Å². The van der Waals surface area contributed by atoms with Gasteiger partial charge in [-0.05, 0) is 6.42 Å². The second-order valence-electron chi connectivity index (χ2n) is 6.62. The molecule has 0 aliphatic carbocycles. The van der Waals surface area contributed by atoms with Crippen LogP contribution < -0.4 is 5.32 Å². The van der Waals surface area contributed by atoms with Crippen molar-refractivity contribution in [1.82, 2.24) is 15.4 Å². The summed E-state index contributed by atoms with van der Waals surface area (Å²) in [6.07, 6.45) is 1.11. The van der Waals surface area contributed by atoms with E-state index in [1.54, 1.807) is 7.11 Å². The molecule has 0 bridgehead atoms. The van der Waals surface area contributed by atoms with Crippen LogP contribution in [0.3, 0.4) is 0 Å². The van der Waals surface area contributed by atoms with Gasteiger partial charge in [-0.15, -0.1) is 24.0 Å². The van der Waals surface area contributed by atoms with Gasteiger partial charge in [0.15, 0.2) is 11.7 Å². The number of nitrogens with one attached hydrogen (secondary N) is 1. The smallest absolute Gasteiger partial charge is 0.193 e. The highest BCUT2D eigenvalue weighted by Crippen LogP contribution is 2.20. The van der Waals surface area contributed by atoms with Gasteiger partial charge in [0.1, 0.15) is 5.69 Å². The van der Waals surface area contributed by atoms with Crippen LogP contribution in [0.5, 0.6) is 0 Å². The zero-order valence-corrected chi connectivity index (χ0v) is 18.8. The van der Waals surface area contributed by atoms with Crippen LogP contribution in [0.4, 0.5) is 0 Å². The maximum absolute atomic E-state index is 5.66. The van der Waals surface area contributed by atoms with Crippen molar-refractivity contribution in [3.05, 3.63) is 42.1 Å². The number of benzene rings is 1. The molecule has 2 heterocycles. The van der Waals surface area contributed by atoms with E-state index in [-0.39, 0.29) is 24.0 Å². The zero-order chi connectivity index (χ0) is 18.9. The first-order valence-electron chi connectivity index (χ1n) is 9.33. The van der Waals surface area contributed by atoms with Gasteiger partial charge in [0.05, 0.1) is 26.4 Å². The first kappa shape index (κ1) is 22.6. The number of guanidine groups is 1. The number of rotatable bonds is 8. The summed E-state index contributed by atoms with van der Waals surface area (Å²) in [6, 6.07) is 11.9. The van der Waals surface area contributed by atoms with Crippen molar-refractivity contribution in [3.63, 3.8) is 0 Å². The number of likely N-dealkylation sites (tertiary alicyclic amines) is 1. The second kappa shape index (κ2) is 12.0. The molecule has 0 radical (unpaired) electrons. The average Bonchev–Trinajstić information content (AvgIpc) is 3.37. The highest BCUT2D eigenvalue weighted by molar-refractivity contribution is 14.0. The number of nitrogens with zero attached hydrogens (tertiary/aromatic N) is 3. The Kier molecular flexibility index (Phi) is 9.72. The van der Waals surface area contributed by atoms with E-state index in [2.05, 4.69) is 20.4 Å². The van der Waals surface area contributed by atoms with Crippen molar-refractivity contribution in [2.24, 2.45) is 10.9 Å². The number of methoxy groups -OCH3 is 1. The lowest BCUT2D eigenvalue weighted by Gasteiger charge is -2.21. The van der Waals surface area contributed by atoms with Gasteiger partial charge < -0.3 is 24.2 Å². The molecule has 1 atom stereocenters. The van der Waals surface area contributed by atoms with Crippen LogP contribution in [0.25, 0.3) is 11.3 Å². The Morgan fingerprint density at radius 2 is 2.14 bits per heavy atom. The van der Waals surface area contributed by atoms with Crippen molar-refractivity contribution in [2.75, 3.05) is 47.1 Å². The van der Waals surface area contributed by atoms with Crippen molar-refractivity contribution >= 4 is 29.9 Å². The Morgan fingerprint density at radius 1 is 1.32 bits per heavy atom. The molecule has 7 nitrogen and oxygen atoms in total. The maximum Gasteiger partial charge on any atom is 0.193 e. The molecule has 1 aliphatic heterocycles. The number of hydrogen-bond donors (Lipinski definition) is 1. The largest absolute Gasteiger partial charge is 0.382 e. The van der Waals surface area contributed by atoms with Gasteiger partial charge in [0, 0.05) is 44.8 Å². The molecule has 1 saturated heterocycles. The van der Waals surface area contributed by atoms with Crippen LogP contribution in [0.15, 0.2) is 45.9 Å². The molecule has 1 aromatic heterocycles. The molecule has 1 aliphatic rings. The van der Waals surface area contributed by atoms with Crippen molar-refractivity contribution in [2.45, 2.75) is 13.0 Å². The first-order chi connectivity index (χ1) is 13.3. The summed E-state index contributed by atoms with van der Waals surface area (Å²) in [5, 5.41) is 7.54. The van der Waals surface area contributed by atoms with Gasteiger partial charge in [-0.2, -0.15) is 0 Å². The summed E-state index contributed by atoms with van der Waals surface area (Å²) in [5.41, 5.74) is 1.88. The summed E-state index contributed by atoms with van der Waals surface area (Å²) in [5.74, 6) is 2.19. The quantitative estimate of drug-likeness (QED) is 0.260. The Balaban J connectivity index is 0.00000280. The molecule has 0 saturated carbocycles. The molecule has 1 fully saturated rings. The molecular formula is C20H29IN4O3. The summed E-state index contributed by atoms with van der Waals surface area (Å²) in [4.78, 5) is 6.67. The lowest BCUT2D eigenvalue weighted by atomic mass is 10.1. The van der Waals surface area contributed by atoms with Crippen LogP contribution in [-0.4, -0.2) is 63.1 Å². The SMILES string of the molecule is CN=C(NCc1cc(-c2ccccc2)on1)N1CCC(COCCOC)C1.I. The molecular weight excluding hydrogens is 471 g/mol. The van der Waals surface area contributed by atoms with E-state index in [0.717, 1.165) is 49.1 Å². The van der Waals surface area contributed by atoms with Crippen LogP contribution in [-0.2, 0) is 16.0 Å². The van der Waals surface area contributed by atoms with Gasteiger partial charge in [-0.3, -0.25) is 4.99 Å². The molecule has 8 heteroatoms. The predicted molar refractivity (Wildman–Crippen MR) is 120 cm³/mol. The Labute approximate surface area is 183 Å². The topological polar surface area (TPSA) is 72.1 Å². The van der Waals surface area contributed by atoms with Crippen LogP contribution >= 0.6 is 24.0 Å². The highest BCUT2D eigenvalue weighted by Gasteiger charge is 2.25. The standard InChI is InChI=1S/C20H28N4O3.HI/c1-21-20(24-9-8-16(14-24)15-26-11-10-25-2)22-13-18-12-19(27-23-18)17-6-4-3-5-7-17;/h3-7,12,16H,8-11,13-15H2,1-2H3,(H,21,22);1H. The van der Waals surface area contributed by atoms with Crippen LogP contribution in [0, 0.1) is 5.92 Å². The minimum absolute atomic E-state index is 0. The predicted octanol–water partition coefficient (Wildman–Crippen LogP) is 3.02. The van der Waals surface area contributed by atoms with E-state index in [4.69, 9.17) is 14.0 Å². The molecule has 28 heavy (non-hydrogen) atoms. The molecule has 154 valence electrons. The third kappa shape index (κ3) is 6.46. The summed E-state index contributed by atoms with van der Waals surface area (Å²) in [7, 11) is 3.50. The maximum atomic E-state index is 5.66. The van der Waals surface area contributed by atoms with E-state index in [0.29, 0.717) is 25.7 Å². The zero-order valence-electron chi connectivity index (χ0n) is 16.5. The number of ether oxygens (including phenoxy) is 2. The molecule has 0 spiro atoms. The fraction of sp³-hybridized carbons (Fsp3) is 0.500. The number of hydrogen-bond acceptors (Lipinski definition) is 5. The van der Waals surface area contributed by atoms with Crippen molar-refractivity contribution in [1.29, 1.82) is 0 Å². The lowest BCUT2D eigenvalue weighted by Crippen LogP contribution is -2.39. The number of aromatic nitrogens is 1. The van der Waals surface area contributed by atoms with E-state index < -0.39 is 0 Å². The van der Waals surface area contributed by atoms with Gasteiger partial charge in [0.25, 0.3) is 0 Å². The average molecular weight is 500 g/mol. The third-order valence-corrected chi connectivity index (χ3v) is 4.63. The summed E-state index contributed by atoms with van der Waals surface area (Å²) >= 11 is 0. The van der Waals surface area contributed by atoms with E-state index >= 15 is 0 Å². The van der Waals surface area contributed by atoms with Crippen molar-refractivity contribution < 1.29 is 14.0 Å². The monoisotopic (exact) mass is 500 g/mol. The molecule has 1 aromatic carbocycles. The molecule has 1 unspecified atom stereocenters. The van der Waals surface area contributed by atoms with Gasteiger partial charge in [-0.25, -0.2) is 0 Å². The third-order valence-electron chi connectivity index (χ3n) is 4.63. The minimum atomic E-state index is 0. The number of aliphatic imine (C=N–C) groups is 1. The van der Waals surface area contributed by atoms with Crippen LogP contribution in [0.1, 0.15) is 12.1 Å². The molecule has 1 N–H and O–H groups in total. The summed E-state index contributed by atoms with van der Waals surface area (Å²) in [6.45, 7) is 4.56. The fourth-order valence-electron chi connectivity index (χ4n) is 3.19. The normalized spacial score (nSPS) is 16.9.